The normalized spacial score (nSPS) is 12.0. The summed E-state index contributed by atoms with van der Waals surface area (Å²) < 4.78 is 1.30. The van der Waals surface area contributed by atoms with E-state index in [1.165, 1.54) is 21.4 Å². The Morgan fingerprint density at radius 1 is 1.03 bits per heavy atom. The summed E-state index contributed by atoms with van der Waals surface area (Å²) in [6, 6.07) is 24.8. The molecule has 0 saturated heterocycles. The second-order valence-electron chi connectivity index (χ2n) is 8.14. The van der Waals surface area contributed by atoms with Gasteiger partial charge in [-0.2, -0.15) is 4.52 Å². The van der Waals surface area contributed by atoms with Gasteiger partial charge in [-0.15, -0.1) is 5.10 Å². The van der Waals surface area contributed by atoms with Crippen molar-refractivity contribution in [1.29, 1.82) is 0 Å². The second kappa shape index (κ2) is 9.44. The van der Waals surface area contributed by atoms with E-state index in [9.17, 15) is 9.59 Å². The van der Waals surface area contributed by atoms with Gasteiger partial charge in [0.25, 0.3) is 11.5 Å². The molecular weight excluding hydrogens is 446 g/mol. The van der Waals surface area contributed by atoms with Crippen molar-refractivity contribution in [3.05, 3.63) is 100 Å². The molecule has 5 rings (SSSR count). The molecule has 34 heavy (non-hydrogen) atoms. The minimum atomic E-state index is -0.263. The number of aromatic nitrogens is 3. The van der Waals surface area contributed by atoms with Crippen molar-refractivity contribution in [3.8, 4) is 0 Å². The summed E-state index contributed by atoms with van der Waals surface area (Å²) in [5.41, 5.74) is 2.81. The number of rotatable bonds is 7. The summed E-state index contributed by atoms with van der Waals surface area (Å²) in [6.45, 7) is 1.99. The van der Waals surface area contributed by atoms with Crippen LogP contribution >= 0.6 is 11.3 Å². The van der Waals surface area contributed by atoms with Gasteiger partial charge in [-0.3, -0.25) is 9.59 Å². The van der Waals surface area contributed by atoms with Crippen LogP contribution in [0.1, 0.15) is 29.3 Å². The first-order chi connectivity index (χ1) is 16.6. The molecule has 0 bridgehead atoms. The molecule has 0 unspecified atom stereocenters. The molecule has 0 spiro atoms. The lowest BCUT2D eigenvalue weighted by Gasteiger charge is -2.14. The van der Waals surface area contributed by atoms with Crippen molar-refractivity contribution in [1.82, 2.24) is 19.9 Å². The molecule has 0 aliphatic heterocycles. The summed E-state index contributed by atoms with van der Waals surface area (Å²) in [5.74, 6) is -0.180. The van der Waals surface area contributed by atoms with Crippen LogP contribution in [0.2, 0.25) is 0 Å². The highest BCUT2D eigenvalue weighted by molar-refractivity contribution is 7.20. The molecule has 0 radical (unpaired) electrons. The van der Waals surface area contributed by atoms with Crippen LogP contribution in [0.15, 0.2) is 83.7 Å². The van der Waals surface area contributed by atoms with Crippen LogP contribution in [0.5, 0.6) is 0 Å². The van der Waals surface area contributed by atoms with Gasteiger partial charge in [0.2, 0.25) is 10.1 Å². The van der Waals surface area contributed by atoms with E-state index in [1.807, 2.05) is 55.5 Å². The second-order valence-corrected chi connectivity index (χ2v) is 9.10. The van der Waals surface area contributed by atoms with Crippen molar-refractivity contribution in [3.63, 3.8) is 0 Å². The van der Waals surface area contributed by atoms with Gasteiger partial charge in [0, 0.05) is 17.3 Å². The summed E-state index contributed by atoms with van der Waals surface area (Å²) in [7, 11) is 0. The minimum absolute atomic E-state index is 0.0117. The van der Waals surface area contributed by atoms with Crippen LogP contribution < -0.4 is 16.2 Å². The zero-order chi connectivity index (χ0) is 23.5. The van der Waals surface area contributed by atoms with Crippen LogP contribution in [-0.4, -0.2) is 26.5 Å². The molecule has 0 aliphatic rings. The Hall–Kier alpha value is -4.04. The third-order valence-electron chi connectivity index (χ3n) is 5.57. The zero-order valence-electron chi connectivity index (χ0n) is 18.6. The zero-order valence-corrected chi connectivity index (χ0v) is 19.4. The van der Waals surface area contributed by atoms with Crippen LogP contribution in [-0.2, 0) is 6.42 Å². The van der Waals surface area contributed by atoms with Crippen molar-refractivity contribution >= 4 is 43.9 Å². The number of nitrogens with zero attached hydrogens (tertiary/aromatic N) is 3. The van der Waals surface area contributed by atoms with Gasteiger partial charge in [0.05, 0.1) is 10.9 Å². The number of carbonyl (C=O) groups is 1. The van der Waals surface area contributed by atoms with Crippen molar-refractivity contribution < 1.29 is 4.79 Å². The monoisotopic (exact) mass is 469 g/mol. The summed E-state index contributed by atoms with van der Waals surface area (Å²) >= 11 is 1.28. The summed E-state index contributed by atoms with van der Waals surface area (Å²) in [6.07, 6.45) is 1.72. The minimum Gasteiger partial charge on any atom is -0.350 e. The number of amides is 1. The number of carbonyl (C=O) groups excluding carboxylic acids is 1. The maximum Gasteiger partial charge on any atom is 0.283 e. The smallest absolute Gasteiger partial charge is 0.283 e. The fourth-order valence-corrected chi connectivity index (χ4v) is 4.57. The van der Waals surface area contributed by atoms with E-state index in [1.54, 1.807) is 18.2 Å². The van der Waals surface area contributed by atoms with Crippen molar-refractivity contribution in [2.24, 2.45) is 0 Å². The van der Waals surface area contributed by atoms with Gasteiger partial charge >= 0.3 is 0 Å². The van der Waals surface area contributed by atoms with Crippen molar-refractivity contribution in [2.75, 3.05) is 5.32 Å². The Morgan fingerprint density at radius 2 is 1.76 bits per heavy atom. The highest BCUT2D eigenvalue weighted by Gasteiger charge is 2.15. The summed E-state index contributed by atoms with van der Waals surface area (Å²) in [4.78, 5) is 30.9. The van der Waals surface area contributed by atoms with Crippen LogP contribution in [0.3, 0.4) is 0 Å². The Kier molecular flexibility index (Phi) is 6.05. The first kappa shape index (κ1) is 21.8. The Morgan fingerprint density at radius 3 is 2.53 bits per heavy atom. The number of nitrogens with one attached hydrogen (secondary N) is 2. The van der Waals surface area contributed by atoms with E-state index in [4.69, 9.17) is 0 Å². The molecule has 3 aromatic carbocycles. The molecule has 1 atom stereocenters. The summed E-state index contributed by atoms with van der Waals surface area (Å²) in [5, 5.41) is 11.6. The van der Waals surface area contributed by atoms with E-state index in [2.05, 4.69) is 32.8 Å². The highest BCUT2D eigenvalue weighted by atomic mass is 32.1. The molecule has 2 N–H and O–H groups in total. The maximum atomic E-state index is 13.0. The van der Waals surface area contributed by atoms with Gasteiger partial charge in [0.1, 0.15) is 0 Å². The first-order valence-electron chi connectivity index (χ1n) is 11.1. The van der Waals surface area contributed by atoms with Crippen LogP contribution in [0.4, 0.5) is 10.8 Å². The highest BCUT2D eigenvalue weighted by Crippen LogP contribution is 2.23. The largest absolute Gasteiger partial charge is 0.350 e. The number of aryl methyl sites for hydroxylation is 1. The third kappa shape index (κ3) is 4.67. The lowest BCUT2D eigenvalue weighted by atomic mass is 10.1. The Balaban J connectivity index is 1.35. The molecule has 7 nitrogen and oxygen atoms in total. The van der Waals surface area contributed by atoms with E-state index in [0.717, 1.165) is 18.5 Å². The fourth-order valence-electron chi connectivity index (χ4n) is 3.75. The van der Waals surface area contributed by atoms with E-state index >= 15 is 0 Å². The average Bonchev–Trinajstić information content (AvgIpc) is 3.26. The fraction of sp³-hybridized carbons (Fsp3) is 0.154. The predicted octanol–water partition coefficient (Wildman–Crippen LogP) is 4.80. The van der Waals surface area contributed by atoms with Gasteiger partial charge in [-0.1, -0.05) is 59.9 Å². The van der Waals surface area contributed by atoms with Gasteiger partial charge < -0.3 is 10.6 Å². The molecular formula is C26H23N5O2S. The number of anilines is 2. The van der Waals surface area contributed by atoms with E-state index < -0.39 is 0 Å². The molecule has 2 heterocycles. The van der Waals surface area contributed by atoms with E-state index in [-0.39, 0.29) is 17.5 Å². The number of para-hydroxylation sites is 1. The van der Waals surface area contributed by atoms with Crippen LogP contribution in [0, 0.1) is 0 Å². The Bertz CT molecular complexity index is 1510. The van der Waals surface area contributed by atoms with Gasteiger partial charge in [0.15, 0.2) is 0 Å². The standard InChI is InChI=1S/C26H23N5O2S/c1-17(12-13-18-8-4-2-5-9-18)27-23(32)19-14-15-21-22(16-19)29-26-31(24(21)33)30-25(34-26)28-20-10-6-3-7-11-20/h2-11,14-17H,12-13H2,1H3,(H,27,32)(H,28,30)/t17-/m0/s1. The lowest BCUT2D eigenvalue weighted by molar-refractivity contribution is 0.0938. The molecule has 1 amide bonds. The average molecular weight is 470 g/mol. The van der Waals surface area contributed by atoms with Gasteiger partial charge in [-0.05, 0) is 55.7 Å². The van der Waals surface area contributed by atoms with Crippen LogP contribution in [0.25, 0.3) is 15.9 Å². The molecule has 0 aliphatic carbocycles. The Labute approximate surface area is 200 Å². The topological polar surface area (TPSA) is 88.4 Å². The van der Waals surface area contributed by atoms with Crippen molar-refractivity contribution in [2.45, 2.75) is 25.8 Å². The number of hydrogen-bond acceptors (Lipinski definition) is 6. The first-order valence-corrected chi connectivity index (χ1v) is 11.9. The number of hydrogen-bond donors (Lipinski definition) is 2. The van der Waals surface area contributed by atoms with Gasteiger partial charge in [-0.25, -0.2) is 4.98 Å². The molecule has 5 aromatic rings. The molecule has 0 saturated carbocycles. The van der Waals surface area contributed by atoms with E-state index in [0.29, 0.717) is 26.6 Å². The molecule has 2 aromatic heterocycles. The lowest BCUT2D eigenvalue weighted by Crippen LogP contribution is -2.33. The molecule has 0 fully saturated rings. The molecule has 170 valence electrons. The number of fused-ring (bicyclic) bond motifs is 2. The SMILES string of the molecule is C[C@@H](CCc1ccccc1)NC(=O)c1ccc2c(=O)n3nc(Nc4ccccc4)sc3nc2c1. The maximum absolute atomic E-state index is 13.0. The third-order valence-corrected chi connectivity index (χ3v) is 6.39. The molecule has 8 heteroatoms. The number of benzene rings is 3. The predicted molar refractivity (Wildman–Crippen MR) is 136 cm³/mol. The quantitative estimate of drug-likeness (QED) is 0.358.